The number of imidazole rings is 1. The molecule has 1 fully saturated rings. The Balaban J connectivity index is 1.30. The number of para-hydroxylation sites is 2. The first kappa shape index (κ1) is 28.3. The quantitative estimate of drug-likeness (QED) is 0.201. The van der Waals surface area contributed by atoms with Crippen molar-refractivity contribution >= 4 is 17.0 Å². The average molecular weight is 520 g/mol. The number of carbonyl (C=O) groups excluding carboxylic acids is 1. The van der Waals surface area contributed by atoms with Crippen molar-refractivity contribution in [1.29, 1.82) is 0 Å². The first-order chi connectivity index (χ1) is 18.4. The van der Waals surface area contributed by atoms with E-state index >= 15 is 0 Å². The summed E-state index contributed by atoms with van der Waals surface area (Å²) in [5.74, 6) is 1.56. The molecule has 0 atom stereocenters. The van der Waals surface area contributed by atoms with Crippen LogP contribution >= 0.6 is 0 Å². The number of nitrogens with zero attached hydrogens (tertiary/aromatic N) is 3. The van der Waals surface area contributed by atoms with Crippen LogP contribution in [0.25, 0.3) is 11.0 Å². The van der Waals surface area contributed by atoms with Gasteiger partial charge in [0.1, 0.15) is 5.82 Å². The summed E-state index contributed by atoms with van der Waals surface area (Å²) in [6, 6.07) is 17.0. The van der Waals surface area contributed by atoms with E-state index in [1.54, 1.807) is 0 Å². The molecule has 0 amide bonds. The van der Waals surface area contributed by atoms with Gasteiger partial charge in [0.25, 0.3) is 0 Å². The Hall–Kier alpha value is -2.70. The monoisotopic (exact) mass is 519 g/mol. The van der Waals surface area contributed by atoms with Crippen molar-refractivity contribution in [2.45, 2.75) is 77.7 Å². The molecule has 0 aliphatic carbocycles. The van der Waals surface area contributed by atoms with Gasteiger partial charge in [0, 0.05) is 25.6 Å². The van der Waals surface area contributed by atoms with Crippen LogP contribution in [0, 0.1) is 0 Å². The Morgan fingerprint density at radius 2 is 1.74 bits per heavy atom. The molecule has 1 aliphatic heterocycles. The summed E-state index contributed by atoms with van der Waals surface area (Å²) in [4.78, 5) is 20.2. The molecular formula is C32H45N3O3. The summed E-state index contributed by atoms with van der Waals surface area (Å²) < 4.78 is 13.5. The van der Waals surface area contributed by atoms with Crippen LogP contribution in [0.4, 0.5) is 0 Å². The molecule has 0 unspecified atom stereocenters. The molecule has 6 heteroatoms. The highest BCUT2D eigenvalue weighted by molar-refractivity contribution is 5.82. The van der Waals surface area contributed by atoms with E-state index in [0.29, 0.717) is 12.5 Å². The first-order valence-electron chi connectivity index (χ1n) is 14.5. The fourth-order valence-corrected chi connectivity index (χ4v) is 5.34. The smallest absolute Gasteiger partial charge is 0.315 e. The number of piperidine rings is 1. The first-order valence-corrected chi connectivity index (χ1v) is 14.5. The molecule has 0 radical (unpaired) electrons. The molecule has 0 spiro atoms. The van der Waals surface area contributed by atoms with Gasteiger partial charge in [0.05, 0.1) is 29.7 Å². The minimum Gasteiger partial charge on any atom is -0.465 e. The van der Waals surface area contributed by atoms with Crippen molar-refractivity contribution in [2.75, 3.05) is 39.5 Å². The number of carbonyl (C=O) groups is 1. The fourth-order valence-electron chi connectivity index (χ4n) is 5.34. The van der Waals surface area contributed by atoms with Gasteiger partial charge in [-0.2, -0.15) is 0 Å². The molecule has 2 heterocycles. The van der Waals surface area contributed by atoms with Crippen molar-refractivity contribution in [3.63, 3.8) is 0 Å². The summed E-state index contributed by atoms with van der Waals surface area (Å²) in [5, 5.41) is 0. The van der Waals surface area contributed by atoms with Crippen LogP contribution in [0.1, 0.15) is 76.2 Å². The number of esters is 1. The maximum absolute atomic E-state index is 12.6. The zero-order chi connectivity index (χ0) is 27.0. The highest BCUT2D eigenvalue weighted by atomic mass is 16.5. The Kier molecular flexibility index (Phi) is 9.97. The fraction of sp³-hybridized carbons (Fsp3) is 0.562. The number of hydrogen-bond donors (Lipinski definition) is 0. The summed E-state index contributed by atoms with van der Waals surface area (Å²) in [5.41, 5.74) is 3.99. The zero-order valence-electron chi connectivity index (χ0n) is 23.7. The summed E-state index contributed by atoms with van der Waals surface area (Å²) in [6.07, 6.45) is 5.21. The minimum absolute atomic E-state index is 0.145. The Labute approximate surface area is 228 Å². The molecule has 1 saturated heterocycles. The lowest BCUT2D eigenvalue weighted by Crippen LogP contribution is -2.35. The number of aromatic nitrogens is 2. The minimum atomic E-state index is -0.632. The van der Waals surface area contributed by atoms with Crippen LogP contribution in [0.15, 0.2) is 48.5 Å². The van der Waals surface area contributed by atoms with E-state index in [1.165, 1.54) is 16.9 Å². The van der Waals surface area contributed by atoms with Gasteiger partial charge in [0.2, 0.25) is 0 Å². The number of ether oxygens (including phenoxy) is 2. The maximum Gasteiger partial charge on any atom is 0.315 e. The van der Waals surface area contributed by atoms with Gasteiger partial charge in [-0.1, -0.05) is 49.7 Å². The third-order valence-corrected chi connectivity index (χ3v) is 7.93. The van der Waals surface area contributed by atoms with Crippen LogP contribution < -0.4 is 0 Å². The van der Waals surface area contributed by atoms with Gasteiger partial charge in [-0.3, -0.25) is 4.79 Å². The second kappa shape index (κ2) is 13.4. The molecule has 0 N–H and O–H groups in total. The number of hydrogen-bond acceptors (Lipinski definition) is 5. The third-order valence-electron chi connectivity index (χ3n) is 7.93. The molecule has 1 aliphatic rings. The molecule has 0 bridgehead atoms. The number of unbranched alkanes of at least 4 members (excludes halogenated alkanes) is 1. The number of benzene rings is 2. The summed E-state index contributed by atoms with van der Waals surface area (Å²) in [7, 11) is 0. The Bertz CT molecular complexity index is 1160. The predicted molar refractivity (Wildman–Crippen MR) is 154 cm³/mol. The lowest BCUT2D eigenvalue weighted by Gasteiger charge is -2.32. The standard InChI is InChI=1S/C32H45N3O3/c1-5-7-23-38-31(36)32(3,4)27-14-12-25(13-15-27)16-19-34-20-17-26(18-21-34)30-33-28-10-8-9-11-29(28)35(30)22-24-37-6-2/h8-15,26H,5-7,16-24H2,1-4H3. The largest absolute Gasteiger partial charge is 0.465 e. The second-order valence-corrected chi connectivity index (χ2v) is 11.0. The van der Waals surface area contributed by atoms with E-state index in [0.717, 1.165) is 82.6 Å². The molecule has 38 heavy (non-hydrogen) atoms. The third kappa shape index (κ3) is 6.83. The van der Waals surface area contributed by atoms with E-state index in [2.05, 4.69) is 64.9 Å². The number of fused-ring (bicyclic) bond motifs is 1. The Morgan fingerprint density at radius 3 is 2.45 bits per heavy atom. The lowest BCUT2D eigenvalue weighted by molar-refractivity contribution is -0.149. The maximum atomic E-state index is 12.6. The number of rotatable bonds is 13. The van der Waals surface area contributed by atoms with Crippen molar-refractivity contribution in [1.82, 2.24) is 14.5 Å². The van der Waals surface area contributed by atoms with Gasteiger partial charge < -0.3 is 18.9 Å². The molecule has 6 nitrogen and oxygen atoms in total. The average Bonchev–Trinajstić information content (AvgIpc) is 3.31. The van der Waals surface area contributed by atoms with Gasteiger partial charge >= 0.3 is 5.97 Å². The lowest BCUT2D eigenvalue weighted by atomic mass is 9.84. The molecule has 0 saturated carbocycles. The van der Waals surface area contributed by atoms with Crippen LogP contribution in [-0.2, 0) is 32.6 Å². The molecular weight excluding hydrogens is 474 g/mol. The molecule has 1 aromatic heterocycles. The zero-order valence-corrected chi connectivity index (χ0v) is 23.7. The van der Waals surface area contributed by atoms with Gasteiger partial charge in [-0.15, -0.1) is 0 Å². The topological polar surface area (TPSA) is 56.6 Å². The van der Waals surface area contributed by atoms with Crippen molar-refractivity contribution in [3.8, 4) is 0 Å². The van der Waals surface area contributed by atoms with E-state index in [9.17, 15) is 4.79 Å². The highest BCUT2D eigenvalue weighted by Gasteiger charge is 2.31. The van der Waals surface area contributed by atoms with Crippen molar-refractivity contribution in [2.24, 2.45) is 0 Å². The Morgan fingerprint density at radius 1 is 1.00 bits per heavy atom. The van der Waals surface area contributed by atoms with Crippen LogP contribution in [0.5, 0.6) is 0 Å². The number of likely N-dealkylation sites (tertiary alicyclic amines) is 1. The predicted octanol–water partition coefficient (Wildman–Crippen LogP) is 6.12. The van der Waals surface area contributed by atoms with Gasteiger partial charge in [-0.25, -0.2) is 4.98 Å². The van der Waals surface area contributed by atoms with E-state index in [-0.39, 0.29) is 5.97 Å². The molecule has 206 valence electrons. The molecule has 4 rings (SSSR count). The van der Waals surface area contributed by atoms with Crippen molar-refractivity contribution < 1.29 is 14.3 Å². The van der Waals surface area contributed by atoms with E-state index in [1.807, 2.05) is 20.8 Å². The highest BCUT2D eigenvalue weighted by Crippen LogP contribution is 2.31. The molecule has 2 aromatic carbocycles. The van der Waals surface area contributed by atoms with Gasteiger partial charge in [-0.05, 0) is 82.8 Å². The van der Waals surface area contributed by atoms with Crippen LogP contribution in [0.2, 0.25) is 0 Å². The van der Waals surface area contributed by atoms with Crippen LogP contribution in [0.3, 0.4) is 0 Å². The van der Waals surface area contributed by atoms with E-state index < -0.39 is 5.41 Å². The molecule has 3 aromatic rings. The van der Waals surface area contributed by atoms with Crippen LogP contribution in [-0.4, -0.2) is 59.9 Å². The SMILES string of the molecule is CCCCOC(=O)C(C)(C)c1ccc(CCN2CCC(c3nc4ccccc4n3CCOCC)CC2)cc1. The van der Waals surface area contributed by atoms with E-state index in [4.69, 9.17) is 14.5 Å². The van der Waals surface area contributed by atoms with Crippen molar-refractivity contribution in [3.05, 3.63) is 65.5 Å². The normalized spacial score (nSPS) is 15.3. The van der Waals surface area contributed by atoms with Gasteiger partial charge in [0.15, 0.2) is 0 Å². The summed E-state index contributed by atoms with van der Waals surface area (Å²) in [6.45, 7) is 14.1. The summed E-state index contributed by atoms with van der Waals surface area (Å²) >= 11 is 0. The second-order valence-electron chi connectivity index (χ2n) is 11.0.